The molecule has 1 amide bonds. The van der Waals surface area contributed by atoms with Crippen LogP contribution >= 0.6 is 0 Å². The van der Waals surface area contributed by atoms with Gasteiger partial charge in [-0.3, -0.25) is 4.79 Å². The van der Waals surface area contributed by atoms with E-state index in [1.807, 2.05) is 6.92 Å². The van der Waals surface area contributed by atoms with Crippen LogP contribution in [0, 0.1) is 6.92 Å². The van der Waals surface area contributed by atoms with E-state index in [0.29, 0.717) is 23.9 Å². The quantitative estimate of drug-likeness (QED) is 0.873. The van der Waals surface area contributed by atoms with Gasteiger partial charge in [-0.15, -0.1) is 0 Å². The second kappa shape index (κ2) is 7.29. The molecule has 0 saturated carbocycles. The van der Waals surface area contributed by atoms with E-state index in [9.17, 15) is 18.0 Å². The summed E-state index contributed by atoms with van der Waals surface area (Å²) in [6.45, 7) is 4.10. The normalized spacial score (nSPS) is 11.2. The van der Waals surface area contributed by atoms with Crippen molar-refractivity contribution >= 4 is 17.4 Å². The Labute approximate surface area is 137 Å². The minimum atomic E-state index is -4.38. The van der Waals surface area contributed by atoms with Crippen LogP contribution in [-0.2, 0) is 6.18 Å². The zero-order chi connectivity index (χ0) is 17.7. The number of hydrogen-bond donors (Lipinski definition) is 2. The molecular formula is C16H17F3N4O. The van der Waals surface area contributed by atoms with Gasteiger partial charge in [-0.05, 0) is 37.6 Å². The number of aromatic nitrogens is 2. The van der Waals surface area contributed by atoms with Gasteiger partial charge in [0.1, 0.15) is 17.3 Å². The number of amides is 1. The fourth-order valence-electron chi connectivity index (χ4n) is 1.97. The van der Waals surface area contributed by atoms with Crippen molar-refractivity contribution in [3.63, 3.8) is 0 Å². The van der Waals surface area contributed by atoms with E-state index in [0.717, 1.165) is 18.6 Å². The van der Waals surface area contributed by atoms with Gasteiger partial charge in [-0.2, -0.15) is 13.2 Å². The van der Waals surface area contributed by atoms with E-state index < -0.39 is 11.7 Å². The Balaban J connectivity index is 2.17. The monoisotopic (exact) mass is 338 g/mol. The van der Waals surface area contributed by atoms with Gasteiger partial charge in [-0.1, -0.05) is 6.92 Å². The van der Waals surface area contributed by atoms with E-state index in [4.69, 9.17) is 0 Å². The molecule has 0 aliphatic rings. The highest BCUT2D eigenvalue weighted by Crippen LogP contribution is 2.30. The molecule has 2 aromatic rings. The van der Waals surface area contributed by atoms with Crippen molar-refractivity contribution in [1.82, 2.24) is 15.3 Å². The predicted molar refractivity (Wildman–Crippen MR) is 84.1 cm³/mol. The minimum Gasteiger partial charge on any atom is -0.351 e. The molecule has 0 saturated heterocycles. The van der Waals surface area contributed by atoms with E-state index in [1.165, 1.54) is 18.2 Å². The second-order valence-corrected chi connectivity index (χ2v) is 5.14. The summed E-state index contributed by atoms with van der Waals surface area (Å²) in [6, 6.07) is 6.01. The van der Waals surface area contributed by atoms with Gasteiger partial charge < -0.3 is 10.6 Å². The lowest BCUT2D eigenvalue weighted by Crippen LogP contribution is -2.25. The first kappa shape index (κ1) is 17.7. The van der Waals surface area contributed by atoms with Crippen LogP contribution in [0.3, 0.4) is 0 Å². The molecule has 2 N–H and O–H groups in total. The molecule has 0 aliphatic heterocycles. The highest BCUT2D eigenvalue weighted by atomic mass is 19.4. The topological polar surface area (TPSA) is 66.9 Å². The smallest absolute Gasteiger partial charge is 0.351 e. The van der Waals surface area contributed by atoms with Crippen molar-refractivity contribution in [3.8, 4) is 0 Å². The summed E-state index contributed by atoms with van der Waals surface area (Å²) >= 11 is 0. The number of anilines is 2. The number of halogens is 3. The van der Waals surface area contributed by atoms with Crippen molar-refractivity contribution in [3.05, 3.63) is 47.4 Å². The maximum Gasteiger partial charge on any atom is 0.416 e. The van der Waals surface area contributed by atoms with Gasteiger partial charge in [-0.25, -0.2) is 9.97 Å². The van der Waals surface area contributed by atoms with E-state index in [1.54, 1.807) is 6.92 Å². The Morgan fingerprint density at radius 1 is 1.17 bits per heavy atom. The van der Waals surface area contributed by atoms with Gasteiger partial charge in [0, 0.05) is 18.3 Å². The third kappa shape index (κ3) is 4.68. The summed E-state index contributed by atoms with van der Waals surface area (Å²) in [4.78, 5) is 20.2. The van der Waals surface area contributed by atoms with Crippen LogP contribution in [0.25, 0.3) is 0 Å². The number of nitrogens with one attached hydrogen (secondary N) is 2. The van der Waals surface area contributed by atoms with E-state index in [-0.39, 0.29) is 11.6 Å². The predicted octanol–water partition coefficient (Wildman–Crippen LogP) is 3.69. The SMILES string of the molecule is CCCNC(=O)c1cc(Nc2ccc(C(F)(F)F)cc2)nc(C)n1. The summed E-state index contributed by atoms with van der Waals surface area (Å²) in [6.07, 6.45) is -3.58. The molecule has 1 heterocycles. The molecule has 5 nitrogen and oxygen atoms in total. The van der Waals surface area contributed by atoms with Crippen LogP contribution < -0.4 is 10.6 Å². The van der Waals surface area contributed by atoms with Crippen LogP contribution in [0.5, 0.6) is 0 Å². The van der Waals surface area contributed by atoms with Crippen LogP contribution in [-0.4, -0.2) is 22.4 Å². The van der Waals surface area contributed by atoms with Crippen LogP contribution in [0.1, 0.15) is 35.2 Å². The van der Waals surface area contributed by atoms with E-state index >= 15 is 0 Å². The lowest BCUT2D eigenvalue weighted by atomic mass is 10.2. The molecule has 128 valence electrons. The highest BCUT2D eigenvalue weighted by molar-refractivity contribution is 5.93. The number of carbonyl (C=O) groups excluding carboxylic acids is 1. The first-order valence-corrected chi connectivity index (χ1v) is 7.37. The molecule has 0 radical (unpaired) electrons. The van der Waals surface area contributed by atoms with Crippen molar-refractivity contribution < 1.29 is 18.0 Å². The average Bonchev–Trinajstić information content (AvgIpc) is 2.51. The van der Waals surface area contributed by atoms with Gasteiger partial charge in [0.2, 0.25) is 0 Å². The lowest BCUT2D eigenvalue weighted by molar-refractivity contribution is -0.137. The molecule has 1 aromatic heterocycles. The zero-order valence-electron chi connectivity index (χ0n) is 13.2. The van der Waals surface area contributed by atoms with E-state index in [2.05, 4.69) is 20.6 Å². The summed E-state index contributed by atoms with van der Waals surface area (Å²) < 4.78 is 37.7. The summed E-state index contributed by atoms with van der Waals surface area (Å²) in [5, 5.41) is 5.59. The van der Waals surface area contributed by atoms with Gasteiger partial charge in [0.15, 0.2) is 0 Å². The number of hydrogen-bond acceptors (Lipinski definition) is 4. The number of rotatable bonds is 5. The summed E-state index contributed by atoms with van der Waals surface area (Å²) in [5.41, 5.74) is -0.0991. The summed E-state index contributed by atoms with van der Waals surface area (Å²) in [7, 11) is 0. The largest absolute Gasteiger partial charge is 0.416 e. The van der Waals surface area contributed by atoms with Crippen molar-refractivity contribution in [2.45, 2.75) is 26.4 Å². The molecule has 0 bridgehead atoms. The standard InChI is InChI=1S/C16H17F3N4O/c1-3-8-20-15(24)13-9-14(22-10(2)21-13)23-12-6-4-11(5-7-12)16(17,18)19/h4-7,9H,3,8H2,1-2H3,(H,20,24)(H,21,22,23). The molecule has 0 fully saturated rings. The maximum atomic E-state index is 12.6. The Morgan fingerprint density at radius 2 is 1.83 bits per heavy atom. The maximum absolute atomic E-state index is 12.6. The first-order valence-electron chi connectivity index (χ1n) is 7.37. The highest BCUT2D eigenvalue weighted by Gasteiger charge is 2.29. The Kier molecular flexibility index (Phi) is 5.38. The Hall–Kier alpha value is -2.64. The molecule has 0 unspecified atom stereocenters. The molecule has 8 heteroatoms. The molecule has 0 aliphatic carbocycles. The fourth-order valence-corrected chi connectivity index (χ4v) is 1.97. The van der Waals surface area contributed by atoms with Gasteiger partial charge in [0.05, 0.1) is 5.56 Å². The van der Waals surface area contributed by atoms with Crippen LogP contribution in [0.2, 0.25) is 0 Å². The average molecular weight is 338 g/mol. The number of aryl methyl sites for hydroxylation is 1. The molecule has 0 spiro atoms. The van der Waals surface area contributed by atoms with Crippen LogP contribution in [0.4, 0.5) is 24.7 Å². The molecule has 2 rings (SSSR count). The Morgan fingerprint density at radius 3 is 2.42 bits per heavy atom. The second-order valence-electron chi connectivity index (χ2n) is 5.14. The third-order valence-electron chi connectivity index (χ3n) is 3.09. The van der Waals surface area contributed by atoms with Gasteiger partial charge >= 0.3 is 6.18 Å². The van der Waals surface area contributed by atoms with Crippen molar-refractivity contribution in [1.29, 1.82) is 0 Å². The molecular weight excluding hydrogens is 321 g/mol. The first-order chi connectivity index (χ1) is 11.3. The fraction of sp³-hybridized carbons (Fsp3) is 0.312. The lowest BCUT2D eigenvalue weighted by Gasteiger charge is -2.10. The van der Waals surface area contributed by atoms with Gasteiger partial charge in [0.25, 0.3) is 5.91 Å². The number of alkyl halides is 3. The minimum absolute atomic E-state index is 0.199. The van der Waals surface area contributed by atoms with Crippen molar-refractivity contribution in [2.24, 2.45) is 0 Å². The number of nitrogens with zero attached hydrogens (tertiary/aromatic N) is 2. The molecule has 0 atom stereocenters. The van der Waals surface area contributed by atoms with Crippen molar-refractivity contribution in [2.75, 3.05) is 11.9 Å². The Bertz CT molecular complexity index is 714. The zero-order valence-corrected chi connectivity index (χ0v) is 13.2. The third-order valence-corrected chi connectivity index (χ3v) is 3.09. The van der Waals surface area contributed by atoms with Crippen LogP contribution in [0.15, 0.2) is 30.3 Å². The molecule has 1 aromatic carbocycles. The summed E-state index contributed by atoms with van der Waals surface area (Å²) in [5.74, 6) is 0.398. The number of carbonyl (C=O) groups is 1. The number of benzene rings is 1. The molecule has 24 heavy (non-hydrogen) atoms.